The number of benzene rings is 1. The minimum Gasteiger partial charge on any atom is -0.481 e. The van der Waals surface area contributed by atoms with E-state index in [1.54, 1.807) is 0 Å². The molecule has 1 amide bonds. The number of nitrogens with one attached hydrogen (secondary N) is 1. The third kappa shape index (κ3) is 4.62. The molecule has 0 spiro atoms. The van der Waals surface area contributed by atoms with Crippen LogP contribution in [0.2, 0.25) is 0 Å². The van der Waals surface area contributed by atoms with Gasteiger partial charge in [-0.2, -0.15) is 9.78 Å². The van der Waals surface area contributed by atoms with Crippen LogP contribution in [0.15, 0.2) is 41.2 Å². The minimum absolute atomic E-state index is 0.00452. The molecule has 28 heavy (non-hydrogen) atoms. The number of amides is 1. The van der Waals surface area contributed by atoms with Gasteiger partial charge >= 0.3 is 5.97 Å². The van der Waals surface area contributed by atoms with E-state index in [1.165, 1.54) is 36.4 Å². The fourth-order valence-electron chi connectivity index (χ4n) is 3.49. The molecule has 1 aliphatic rings. The average Bonchev–Trinajstić information content (AvgIpc) is 2.65. The molecular weight excluding hydrogens is 365 g/mol. The van der Waals surface area contributed by atoms with Crippen molar-refractivity contribution in [3.63, 3.8) is 0 Å². The van der Waals surface area contributed by atoms with Crippen molar-refractivity contribution >= 4 is 11.9 Å². The third-order valence-electron chi connectivity index (χ3n) is 5.00. The van der Waals surface area contributed by atoms with E-state index in [9.17, 15) is 23.9 Å². The van der Waals surface area contributed by atoms with E-state index in [-0.39, 0.29) is 5.69 Å². The number of carboxylic acid groups (broad SMARTS) is 1. The number of hydrogen-bond acceptors (Lipinski definition) is 4. The number of aliphatic carboxylic acids is 1. The number of carbonyl (C=O) groups excluding carboxylic acids is 1. The molecule has 3 rings (SSSR count). The maximum atomic E-state index is 13.1. The van der Waals surface area contributed by atoms with Gasteiger partial charge < -0.3 is 10.4 Å². The Labute approximate surface area is 161 Å². The van der Waals surface area contributed by atoms with E-state index in [0.717, 1.165) is 30.4 Å². The molecule has 2 N–H and O–H groups in total. The van der Waals surface area contributed by atoms with Gasteiger partial charge in [-0.1, -0.05) is 25.7 Å². The van der Waals surface area contributed by atoms with Crippen LogP contribution in [0.3, 0.4) is 0 Å². The molecule has 2 aromatic rings. The molecular formula is C20H22FN3O4. The van der Waals surface area contributed by atoms with Crippen molar-refractivity contribution in [2.75, 3.05) is 0 Å². The molecule has 2 unspecified atom stereocenters. The lowest BCUT2D eigenvalue weighted by Crippen LogP contribution is -2.44. The van der Waals surface area contributed by atoms with Crippen LogP contribution in [0.1, 0.15) is 49.0 Å². The molecule has 0 saturated heterocycles. The summed E-state index contributed by atoms with van der Waals surface area (Å²) in [6.45, 7) is 0. The van der Waals surface area contributed by atoms with Crippen LogP contribution in [0.4, 0.5) is 4.39 Å². The van der Waals surface area contributed by atoms with Crippen LogP contribution in [0, 0.1) is 11.7 Å². The van der Waals surface area contributed by atoms with Crippen molar-refractivity contribution < 1.29 is 19.1 Å². The lowest BCUT2D eigenvalue weighted by atomic mass is 9.86. The Bertz CT molecular complexity index is 910. The number of carboxylic acids is 1. The van der Waals surface area contributed by atoms with Crippen molar-refractivity contribution in [1.82, 2.24) is 15.1 Å². The minimum atomic E-state index is -0.920. The van der Waals surface area contributed by atoms with Crippen LogP contribution in [-0.4, -0.2) is 32.8 Å². The summed E-state index contributed by atoms with van der Waals surface area (Å²) >= 11 is 0. The molecule has 0 aliphatic heterocycles. The van der Waals surface area contributed by atoms with Gasteiger partial charge in [0.2, 0.25) is 0 Å². The van der Waals surface area contributed by atoms with Gasteiger partial charge in [0.15, 0.2) is 0 Å². The fraction of sp³-hybridized carbons (Fsp3) is 0.400. The first-order valence-corrected chi connectivity index (χ1v) is 9.36. The largest absolute Gasteiger partial charge is 0.481 e. The second-order valence-electron chi connectivity index (χ2n) is 6.96. The second kappa shape index (κ2) is 8.77. The van der Waals surface area contributed by atoms with E-state index in [0.29, 0.717) is 18.5 Å². The lowest BCUT2D eigenvalue weighted by Gasteiger charge is -2.27. The quantitative estimate of drug-likeness (QED) is 0.839. The predicted octanol–water partition coefficient (Wildman–Crippen LogP) is 2.53. The molecule has 0 radical (unpaired) electrons. The Morgan fingerprint density at radius 1 is 1.04 bits per heavy atom. The first-order valence-electron chi connectivity index (χ1n) is 9.36. The van der Waals surface area contributed by atoms with E-state index >= 15 is 0 Å². The average molecular weight is 387 g/mol. The lowest BCUT2D eigenvalue weighted by molar-refractivity contribution is -0.143. The van der Waals surface area contributed by atoms with Gasteiger partial charge in [0, 0.05) is 12.1 Å². The smallest absolute Gasteiger partial charge is 0.308 e. The SMILES string of the molecule is O=C(NC1CCCCCCC1C(=O)O)c1ccc(=O)n(-c2ccc(F)cc2)n1. The molecule has 1 fully saturated rings. The maximum absolute atomic E-state index is 13.1. The third-order valence-corrected chi connectivity index (χ3v) is 5.00. The highest BCUT2D eigenvalue weighted by molar-refractivity contribution is 5.92. The van der Waals surface area contributed by atoms with Gasteiger partial charge in [-0.15, -0.1) is 0 Å². The Kier molecular flexibility index (Phi) is 6.18. The molecule has 1 aromatic heterocycles. The van der Waals surface area contributed by atoms with Crippen LogP contribution in [-0.2, 0) is 4.79 Å². The number of hydrogen-bond donors (Lipinski definition) is 2. The van der Waals surface area contributed by atoms with Gasteiger partial charge in [-0.3, -0.25) is 14.4 Å². The first-order chi connectivity index (χ1) is 13.5. The molecule has 148 valence electrons. The summed E-state index contributed by atoms with van der Waals surface area (Å²) < 4.78 is 14.1. The summed E-state index contributed by atoms with van der Waals surface area (Å²) in [5.41, 5.74) is -0.136. The molecule has 1 aliphatic carbocycles. The molecule has 1 aromatic carbocycles. The molecule has 0 bridgehead atoms. The Morgan fingerprint density at radius 3 is 2.39 bits per heavy atom. The van der Waals surface area contributed by atoms with Crippen molar-refractivity contribution in [1.29, 1.82) is 0 Å². The molecule has 2 atom stereocenters. The topological polar surface area (TPSA) is 101 Å². The highest BCUT2D eigenvalue weighted by Gasteiger charge is 2.30. The summed E-state index contributed by atoms with van der Waals surface area (Å²) in [6.07, 6.45) is 4.76. The van der Waals surface area contributed by atoms with Crippen molar-refractivity contribution in [2.45, 2.75) is 44.6 Å². The zero-order valence-electron chi connectivity index (χ0n) is 15.3. The fourth-order valence-corrected chi connectivity index (χ4v) is 3.49. The van der Waals surface area contributed by atoms with Crippen molar-refractivity contribution in [3.05, 3.63) is 58.3 Å². The summed E-state index contributed by atoms with van der Waals surface area (Å²) in [5, 5.41) is 16.4. The van der Waals surface area contributed by atoms with Crippen LogP contribution < -0.4 is 10.9 Å². The summed E-state index contributed by atoms with van der Waals surface area (Å²) in [5.74, 6) is -2.55. The number of nitrogens with zero attached hydrogens (tertiary/aromatic N) is 2. The summed E-state index contributed by atoms with van der Waals surface area (Å²) in [4.78, 5) is 36.4. The van der Waals surface area contributed by atoms with Gasteiger partial charge in [-0.25, -0.2) is 4.39 Å². The van der Waals surface area contributed by atoms with Crippen LogP contribution >= 0.6 is 0 Å². The van der Waals surface area contributed by atoms with E-state index in [4.69, 9.17) is 0 Å². The van der Waals surface area contributed by atoms with Crippen molar-refractivity contribution in [3.8, 4) is 5.69 Å². The monoisotopic (exact) mass is 387 g/mol. The Hall–Kier alpha value is -3.03. The van der Waals surface area contributed by atoms with Crippen LogP contribution in [0.25, 0.3) is 5.69 Å². The maximum Gasteiger partial charge on any atom is 0.308 e. The number of carbonyl (C=O) groups is 2. The first kappa shape index (κ1) is 19.7. The predicted molar refractivity (Wildman–Crippen MR) is 99.9 cm³/mol. The molecule has 1 heterocycles. The summed E-state index contributed by atoms with van der Waals surface area (Å²) in [7, 11) is 0. The molecule has 7 nitrogen and oxygen atoms in total. The van der Waals surface area contributed by atoms with Crippen molar-refractivity contribution in [2.24, 2.45) is 5.92 Å². The van der Waals surface area contributed by atoms with Crippen LogP contribution in [0.5, 0.6) is 0 Å². The second-order valence-corrected chi connectivity index (χ2v) is 6.96. The van der Waals surface area contributed by atoms with E-state index in [2.05, 4.69) is 10.4 Å². The van der Waals surface area contributed by atoms with Gasteiger partial charge in [0.05, 0.1) is 11.6 Å². The Balaban J connectivity index is 1.83. The highest BCUT2D eigenvalue weighted by atomic mass is 19.1. The summed E-state index contributed by atoms with van der Waals surface area (Å²) in [6, 6.07) is 7.19. The number of halogens is 1. The number of rotatable bonds is 4. The Morgan fingerprint density at radius 2 is 1.71 bits per heavy atom. The molecule has 8 heteroatoms. The standard InChI is InChI=1S/C20H22FN3O4/c21-13-7-9-14(10-8-13)24-18(25)12-11-17(23-24)19(26)22-16-6-4-2-1-3-5-15(16)20(27)28/h7-12,15-16H,1-6H2,(H,22,26)(H,27,28). The number of aromatic nitrogens is 2. The molecule has 1 saturated carbocycles. The zero-order valence-corrected chi connectivity index (χ0v) is 15.3. The van der Waals surface area contributed by atoms with Gasteiger partial charge in [0.25, 0.3) is 11.5 Å². The van der Waals surface area contributed by atoms with Gasteiger partial charge in [0.1, 0.15) is 11.5 Å². The highest BCUT2D eigenvalue weighted by Crippen LogP contribution is 2.23. The normalized spacial score (nSPS) is 20.0. The van der Waals surface area contributed by atoms with Gasteiger partial charge in [-0.05, 0) is 43.2 Å². The van der Waals surface area contributed by atoms with E-state index in [1.807, 2.05) is 0 Å². The van der Waals surface area contributed by atoms with E-state index < -0.39 is 35.2 Å². The zero-order chi connectivity index (χ0) is 20.1.